The third-order valence-corrected chi connectivity index (χ3v) is 6.79. The Morgan fingerprint density at radius 2 is 2.09 bits per heavy atom. The summed E-state index contributed by atoms with van der Waals surface area (Å²) in [5.41, 5.74) is 2.80. The van der Waals surface area contributed by atoms with E-state index in [1.807, 2.05) is 18.2 Å². The number of fused-ring (bicyclic) bond motifs is 1. The predicted molar refractivity (Wildman–Crippen MR) is 128 cm³/mol. The number of thioether (sulfide) groups is 1. The number of hydrogen-bond acceptors (Lipinski definition) is 6. The Bertz CT molecular complexity index is 1180. The minimum Gasteiger partial charge on any atom is -0.463 e. The van der Waals surface area contributed by atoms with Gasteiger partial charge in [-0.3, -0.25) is 9.36 Å². The first kappa shape index (κ1) is 23.1. The highest BCUT2D eigenvalue weighted by Crippen LogP contribution is 2.24. The lowest BCUT2D eigenvalue weighted by atomic mass is 9.97. The number of carbonyl (C=O) groups is 2. The molecule has 0 radical (unpaired) electrons. The van der Waals surface area contributed by atoms with E-state index in [1.165, 1.54) is 30.2 Å². The van der Waals surface area contributed by atoms with Crippen molar-refractivity contribution in [1.82, 2.24) is 20.2 Å². The van der Waals surface area contributed by atoms with Crippen molar-refractivity contribution in [1.29, 1.82) is 0 Å². The maximum Gasteiger partial charge on any atom is 0.337 e. The number of benzene rings is 1. The van der Waals surface area contributed by atoms with Crippen LogP contribution in [0.25, 0.3) is 10.9 Å². The monoisotopic (exact) mass is 468 g/mol. The van der Waals surface area contributed by atoms with Crippen LogP contribution in [0.5, 0.6) is 0 Å². The molecule has 0 saturated heterocycles. The minimum atomic E-state index is -0.464. The third-order valence-electron chi connectivity index (χ3n) is 5.79. The van der Waals surface area contributed by atoms with Gasteiger partial charge in [0.1, 0.15) is 0 Å². The van der Waals surface area contributed by atoms with Crippen LogP contribution in [0.2, 0.25) is 0 Å². The van der Waals surface area contributed by atoms with Gasteiger partial charge < -0.3 is 15.4 Å². The van der Waals surface area contributed by atoms with Crippen LogP contribution in [0.3, 0.4) is 0 Å². The van der Waals surface area contributed by atoms with Gasteiger partial charge in [0, 0.05) is 18.0 Å². The number of aromatic nitrogens is 2. The Hall–Kier alpha value is -3.07. The Balaban J connectivity index is 1.64. The standard InChI is InChI=1S/C24H28N4O4S/c1-2-32-22(30)18-14-25-23(31)26-20(18)15-33-24-27-19-11-7-6-10-17(19)21(29)28(24)13-12-16-8-4-3-5-9-16/h6-8,10-11H,2-5,9,12-15H2,1H3,(H2,25,26,31). The Morgan fingerprint density at radius 3 is 2.88 bits per heavy atom. The number of para-hydroxylation sites is 1. The molecule has 174 valence electrons. The fraction of sp³-hybridized carbons (Fsp3) is 0.417. The number of hydrogen-bond donors (Lipinski definition) is 2. The number of nitrogens with one attached hydrogen (secondary N) is 2. The number of rotatable bonds is 8. The molecule has 8 nitrogen and oxygen atoms in total. The smallest absolute Gasteiger partial charge is 0.337 e. The van der Waals surface area contributed by atoms with Gasteiger partial charge in [-0.1, -0.05) is 35.5 Å². The van der Waals surface area contributed by atoms with Gasteiger partial charge in [-0.2, -0.15) is 0 Å². The van der Waals surface area contributed by atoms with Crippen LogP contribution in [-0.2, 0) is 16.1 Å². The van der Waals surface area contributed by atoms with E-state index in [9.17, 15) is 14.4 Å². The molecule has 0 unspecified atom stereocenters. The highest BCUT2D eigenvalue weighted by Gasteiger charge is 2.24. The summed E-state index contributed by atoms with van der Waals surface area (Å²) < 4.78 is 6.85. The molecule has 1 aliphatic carbocycles. The van der Waals surface area contributed by atoms with E-state index in [4.69, 9.17) is 9.72 Å². The zero-order valence-corrected chi connectivity index (χ0v) is 19.5. The number of amides is 2. The second-order valence-corrected chi connectivity index (χ2v) is 8.94. The molecular weight excluding hydrogens is 440 g/mol. The van der Waals surface area contributed by atoms with E-state index < -0.39 is 5.97 Å². The van der Waals surface area contributed by atoms with Crippen molar-refractivity contribution in [3.63, 3.8) is 0 Å². The van der Waals surface area contributed by atoms with Crippen LogP contribution in [-0.4, -0.2) is 40.5 Å². The average molecular weight is 469 g/mol. The predicted octanol–water partition coefficient (Wildman–Crippen LogP) is 3.51. The van der Waals surface area contributed by atoms with Crippen molar-refractivity contribution in [2.75, 3.05) is 18.9 Å². The van der Waals surface area contributed by atoms with Gasteiger partial charge in [0.05, 0.1) is 29.6 Å². The normalized spacial score (nSPS) is 16.3. The highest BCUT2D eigenvalue weighted by atomic mass is 32.2. The second kappa shape index (κ2) is 10.7. The highest BCUT2D eigenvalue weighted by molar-refractivity contribution is 7.99. The zero-order chi connectivity index (χ0) is 23.2. The lowest BCUT2D eigenvalue weighted by Gasteiger charge is -2.21. The number of ether oxygens (including phenoxy) is 1. The average Bonchev–Trinajstić information content (AvgIpc) is 2.83. The van der Waals surface area contributed by atoms with Gasteiger partial charge >= 0.3 is 12.0 Å². The van der Waals surface area contributed by atoms with Gasteiger partial charge in [-0.25, -0.2) is 14.6 Å². The van der Waals surface area contributed by atoms with Gasteiger partial charge in [0.2, 0.25) is 0 Å². The first-order valence-electron chi connectivity index (χ1n) is 11.3. The van der Waals surface area contributed by atoms with Crippen molar-refractivity contribution >= 4 is 34.7 Å². The molecule has 9 heteroatoms. The molecule has 2 amide bonds. The van der Waals surface area contributed by atoms with Crippen molar-refractivity contribution in [3.05, 3.63) is 57.5 Å². The molecule has 0 atom stereocenters. The summed E-state index contributed by atoms with van der Waals surface area (Å²) in [7, 11) is 0. The molecular formula is C24H28N4O4S. The van der Waals surface area contributed by atoms with Gasteiger partial charge in [0.25, 0.3) is 5.56 Å². The number of esters is 1. The third kappa shape index (κ3) is 5.47. The van der Waals surface area contributed by atoms with Crippen LogP contribution < -0.4 is 16.2 Å². The molecule has 4 rings (SSSR count). The lowest BCUT2D eigenvalue weighted by molar-refractivity contribution is -0.138. The van der Waals surface area contributed by atoms with Crippen LogP contribution in [0, 0.1) is 0 Å². The summed E-state index contributed by atoms with van der Waals surface area (Å²) in [4.78, 5) is 42.3. The summed E-state index contributed by atoms with van der Waals surface area (Å²) in [6, 6.07) is 6.95. The molecule has 33 heavy (non-hydrogen) atoms. The number of allylic oxidation sites excluding steroid dienone is 2. The summed E-state index contributed by atoms with van der Waals surface area (Å²) in [5, 5.41) is 6.47. The van der Waals surface area contributed by atoms with Gasteiger partial charge in [0.15, 0.2) is 5.16 Å². The van der Waals surface area contributed by atoms with E-state index in [0.29, 0.717) is 33.9 Å². The van der Waals surface area contributed by atoms with E-state index in [1.54, 1.807) is 17.6 Å². The van der Waals surface area contributed by atoms with Crippen LogP contribution in [0.4, 0.5) is 4.79 Å². The van der Waals surface area contributed by atoms with Crippen molar-refractivity contribution in [2.45, 2.75) is 50.7 Å². The number of carbonyl (C=O) groups excluding carboxylic acids is 2. The molecule has 2 N–H and O–H groups in total. The first-order valence-corrected chi connectivity index (χ1v) is 12.3. The van der Waals surface area contributed by atoms with Gasteiger partial charge in [-0.05, 0) is 51.2 Å². The molecule has 2 aromatic rings. The quantitative estimate of drug-likeness (QED) is 0.266. The van der Waals surface area contributed by atoms with Crippen molar-refractivity contribution in [2.24, 2.45) is 0 Å². The zero-order valence-electron chi connectivity index (χ0n) is 18.7. The van der Waals surface area contributed by atoms with E-state index in [0.717, 1.165) is 19.3 Å². The fourth-order valence-electron chi connectivity index (χ4n) is 4.05. The molecule has 0 saturated carbocycles. The fourth-order valence-corrected chi connectivity index (χ4v) is 5.06. The Labute approximate surface area is 196 Å². The largest absolute Gasteiger partial charge is 0.463 e. The maximum absolute atomic E-state index is 13.3. The van der Waals surface area contributed by atoms with Crippen LogP contribution >= 0.6 is 11.8 Å². The lowest BCUT2D eigenvalue weighted by Crippen LogP contribution is -2.44. The Morgan fingerprint density at radius 1 is 1.24 bits per heavy atom. The molecule has 1 aromatic heterocycles. The van der Waals surface area contributed by atoms with Crippen LogP contribution in [0.1, 0.15) is 39.0 Å². The van der Waals surface area contributed by atoms with E-state index >= 15 is 0 Å². The Kier molecular flexibility index (Phi) is 7.49. The number of urea groups is 1. The molecule has 2 aliphatic rings. The molecule has 2 heterocycles. The molecule has 0 fully saturated rings. The summed E-state index contributed by atoms with van der Waals surface area (Å²) in [6.45, 7) is 2.63. The molecule has 1 aromatic carbocycles. The SMILES string of the molecule is CCOC(=O)C1=C(CSc2nc3ccccc3c(=O)n2CCC2=CCCCC2)NC(=O)NC1. The molecule has 0 spiro atoms. The first-order chi connectivity index (χ1) is 16.1. The van der Waals surface area contributed by atoms with E-state index in [2.05, 4.69) is 16.7 Å². The van der Waals surface area contributed by atoms with E-state index in [-0.39, 0.29) is 30.5 Å². The summed E-state index contributed by atoms with van der Waals surface area (Å²) >= 11 is 1.33. The second-order valence-electron chi connectivity index (χ2n) is 8.00. The van der Waals surface area contributed by atoms with Crippen molar-refractivity contribution in [3.8, 4) is 0 Å². The maximum atomic E-state index is 13.3. The molecule has 1 aliphatic heterocycles. The summed E-state index contributed by atoms with van der Waals surface area (Å²) in [5.74, 6) is -0.177. The van der Waals surface area contributed by atoms with Crippen LogP contribution in [0.15, 0.2) is 57.1 Å². The minimum absolute atomic E-state index is 0.0755. The topological polar surface area (TPSA) is 102 Å². The van der Waals surface area contributed by atoms with Gasteiger partial charge in [-0.15, -0.1) is 0 Å². The molecule has 0 bridgehead atoms. The number of nitrogens with zero attached hydrogens (tertiary/aromatic N) is 2. The van der Waals surface area contributed by atoms with Crippen molar-refractivity contribution < 1.29 is 14.3 Å². The summed E-state index contributed by atoms with van der Waals surface area (Å²) in [6.07, 6.45) is 7.69.